The van der Waals surface area contributed by atoms with Crippen molar-refractivity contribution in [2.24, 2.45) is 17.8 Å². The summed E-state index contributed by atoms with van der Waals surface area (Å²) in [4.78, 5) is 36.7. The lowest BCUT2D eigenvalue weighted by atomic mass is 9.95. The molecule has 0 aliphatic rings. The maximum absolute atomic E-state index is 13.0. The number of hydrogen-bond donors (Lipinski definition) is 4. The van der Waals surface area contributed by atoms with Crippen LogP contribution in [0.3, 0.4) is 0 Å². The third kappa shape index (κ3) is 11.1. The second-order valence-corrected chi connectivity index (χ2v) is 9.33. The third-order valence-electron chi connectivity index (χ3n) is 5.20. The van der Waals surface area contributed by atoms with Crippen LogP contribution in [0.25, 0.3) is 0 Å². The summed E-state index contributed by atoms with van der Waals surface area (Å²) in [7, 11) is 0. The number of unbranched alkanes of at least 4 members (excludes halogenated alkanes) is 2. The van der Waals surface area contributed by atoms with Gasteiger partial charge in [0.2, 0.25) is 11.8 Å². The van der Waals surface area contributed by atoms with E-state index in [-0.39, 0.29) is 42.0 Å². The summed E-state index contributed by atoms with van der Waals surface area (Å²) in [6, 6.07) is -1.62. The van der Waals surface area contributed by atoms with E-state index in [1.807, 2.05) is 41.5 Å². The van der Waals surface area contributed by atoms with Crippen molar-refractivity contribution in [3.8, 4) is 0 Å². The van der Waals surface area contributed by atoms with E-state index < -0.39 is 18.2 Å². The van der Waals surface area contributed by atoms with E-state index in [4.69, 9.17) is 0 Å². The Morgan fingerprint density at radius 3 is 1.93 bits per heavy atom. The molecule has 0 aromatic rings. The zero-order valence-electron chi connectivity index (χ0n) is 20.0. The Kier molecular flexibility index (Phi) is 14.6. The highest BCUT2D eigenvalue weighted by atomic mass is 16.3. The fraction of sp³-hybridized carbons (Fsp3) is 0.870. The van der Waals surface area contributed by atoms with Gasteiger partial charge in [0.05, 0.1) is 18.2 Å². The first-order valence-corrected chi connectivity index (χ1v) is 11.5. The van der Waals surface area contributed by atoms with Crippen LogP contribution in [0.1, 0.15) is 80.6 Å². The van der Waals surface area contributed by atoms with Crippen molar-refractivity contribution >= 4 is 18.1 Å². The molecule has 7 heteroatoms. The molecule has 2 unspecified atom stereocenters. The number of rotatable bonds is 16. The van der Waals surface area contributed by atoms with Crippen LogP contribution in [-0.4, -0.2) is 54.0 Å². The van der Waals surface area contributed by atoms with Gasteiger partial charge in [-0.1, -0.05) is 61.3 Å². The molecule has 0 bridgehead atoms. The number of amides is 2. The molecule has 0 saturated heterocycles. The minimum absolute atomic E-state index is 0.0343. The largest absolute Gasteiger partial charge is 0.391 e. The van der Waals surface area contributed by atoms with Crippen molar-refractivity contribution in [3.05, 3.63) is 0 Å². The summed E-state index contributed by atoms with van der Waals surface area (Å²) in [5.74, 6) is -0.316. The molecule has 0 aromatic heterocycles. The maximum atomic E-state index is 13.0. The standard InChI is InChI=1S/C23H45N3O4/c1-8-9-10-12-24-20(16(4)5)22(29)26-21(17(6)7)23(30)25-18(14-15(2)3)19(28)11-13-27/h13,15-21,24,28H,8-12,14H2,1-7H3,(H,25,30)(H,26,29)/t18?,19?,20-,21-/m0/s1. The van der Waals surface area contributed by atoms with E-state index in [2.05, 4.69) is 22.9 Å². The number of carbonyl (C=O) groups is 3. The molecule has 0 heterocycles. The third-order valence-corrected chi connectivity index (χ3v) is 5.20. The Morgan fingerprint density at radius 2 is 1.47 bits per heavy atom. The van der Waals surface area contributed by atoms with Crippen LogP contribution in [0.4, 0.5) is 0 Å². The fourth-order valence-corrected chi connectivity index (χ4v) is 3.40. The van der Waals surface area contributed by atoms with E-state index in [0.29, 0.717) is 12.7 Å². The average molecular weight is 428 g/mol. The zero-order valence-corrected chi connectivity index (χ0v) is 20.0. The van der Waals surface area contributed by atoms with Crippen molar-refractivity contribution < 1.29 is 19.5 Å². The second-order valence-electron chi connectivity index (χ2n) is 9.33. The molecular formula is C23H45N3O4. The fourth-order valence-electron chi connectivity index (χ4n) is 3.40. The number of hydrogen-bond acceptors (Lipinski definition) is 5. The van der Waals surface area contributed by atoms with Gasteiger partial charge in [0.25, 0.3) is 0 Å². The average Bonchev–Trinajstić information content (AvgIpc) is 2.64. The summed E-state index contributed by atoms with van der Waals surface area (Å²) >= 11 is 0. The first-order chi connectivity index (χ1) is 14.0. The van der Waals surface area contributed by atoms with E-state index in [0.717, 1.165) is 25.8 Å². The molecule has 0 fully saturated rings. The van der Waals surface area contributed by atoms with E-state index in [1.165, 1.54) is 0 Å². The molecule has 0 rings (SSSR count). The molecule has 7 nitrogen and oxygen atoms in total. The van der Waals surface area contributed by atoms with E-state index in [1.54, 1.807) is 0 Å². The lowest BCUT2D eigenvalue weighted by Crippen LogP contribution is -2.58. The molecule has 0 radical (unpaired) electrons. The first kappa shape index (κ1) is 28.5. The molecule has 4 atom stereocenters. The monoisotopic (exact) mass is 427 g/mol. The molecule has 2 amide bonds. The van der Waals surface area contributed by atoms with E-state index in [9.17, 15) is 19.5 Å². The summed E-state index contributed by atoms with van der Waals surface area (Å²) in [5.41, 5.74) is 0. The zero-order chi connectivity index (χ0) is 23.3. The van der Waals surface area contributed by atoms with Crippen LogP contribution < -0.4 is 16.0 Å². The molecule has 4 N–H and O–H groups in total. The minimum Gasteiger partial charge on any atom is -0.391 e. The Labute approximate surface area is 183 Å². The SMILES string of the molecule is CCCCCN[C@H](C(=O)N[C@H](C(=O)NC(CC(C)C)C(O)CC=O)C(C)C)C(C)C. The first-order valence-electron chi connectivity index (χ1n) is 11.5. The molecule has 30 heavy (non-hydrogen) atoms. The number of nitrogens with one attached hydrogen (secondary N) is 3. The Morgan fingerprint density at radius 1 is 0.900 bits per heavy atom. The van der Waals surface area contributed by atoms with Crippen LogP contribution in [0.5, 0.6) is 0 Å². The molecule has 0 aromatic carbocycles. The molecule has 0 aliphatic heterocycles. The Balaban J connectivity index is 5.18. The lowest BCUT2D eigenvalue weighted by Gasteiger charge is -2.30. The Bertz CT molecular complexity index is 509. The summed E-state index contributed by atoms with van der Waals surface area (Å²) < 4.78 is 0. The van der Waals surface area contributed by atoms with Gasteiger partial charge in [-0.15, -0.1) is 0 Å². The normalized spacial score (nSPS) is 15.7. The summed E-state index contributed by atoms with van der Waals surface area (Å²) in [6.45, 7) is 14.6. The highest BCUT2D eigenvalue weighted by molar-refractivity contribution is 5.90. The topological polar surface area (TPSA) is 108 Å². The van der Waals surface area contributed by atoms with Gasteiger partial charge in [-0.2, -0.15) is 0 Å². The van der Waals surface area contributed by atoms with Crippen molar-refractivity contribution in [1.82, 2.24) is 16.0 Å². The van der Waals surface area contributed by atoms with Crippen molar-refractivity contribution in [1.29, 1.82) is 0 Å². The quantitative estimate of drug-likeness (QED) is 0.223. The van der Waals surface area contributed by atoms with Crippen LogP contribution in [0.2, 0.25) is 0 Å². The molecule has 0 spiro atoms. The predicted molar refractivity (Wildman–Crippen MR) is 121 cm³/mol. The minimum atomic E-state index is -0.944. The molecular weight excluding hydrogens is 382 g/mol. The van der Waals surface area contributed by atoms with Gasteiger partial charge in [-0.05, 0) is 37.1 Å². The van der Waals surface area contributed by atoms with Crippen LogP contribution in [0, 0.1) is 17.8 Å². The second kappa shape index (κ2) is 15.3. The lowest BCUT2D eigenvalue weighted by molar-refractivity contribution is -0.132. The predicted octanol–water partition coefficient (Wildman–Crippen LogP) is 2.41. The number of aliphatic hydroxyl groups is 1. The van der Waals surface area contributed by atoms with Gasteiger partial charge in [0.1, 0.15) is 12.3 Å². The molecule has 0 aliphatic carbocycles. The van der Waals surface area contributed by atoms with Crippen molar-refractivity contribution in [2.75, 3.05) is 6.54 Å². The number of carbonyl (C=O) groups excluding carboxylic acids is 3. The maximum Gasteiger partial charge on any atom is 0.243 e. The highest BCUT2D eigenvalue weighted by Gasteiger charge is 2.31. The molecule has 176 valence electrons. The smallest absolute Gasteiger partial charge is 0.243 e. The van der Waals surface area contributed by atoms with Crippen molar-refractivity contribution in [2.45, 2.75) is 105 Å². The van der Waals surface area contributed by atoms with Gasteiger partial charge >= 0.3 is 0 Å². The van der Waals surface area contributed by atoms with Crippen molar-refractivity contribution in [3.63, 3.8) is 0 Å². The molecule has 0 saturated carbocycles. The summed E-state index contributed by atoms with van der Waals surface area (Å²) in [5, 5.41) is 19.4. The number of aldehydes is 1. The van der Waals surface area contributed by atoms with Gasteiger partial charge in [-0.3, -0.25) is 9.59 Å². The van der Waals surface area contributed by atoms with E-state index >= 15 is 0 Å². The van der Waals surface area contributed by atoms with Gasteiger partial charge in [0.15, 0.2) is 0 Å². The van der Waals surface area contributed by atoms with Gasteiger partial charge in [-0.25, -0.2) is 0 Å². The van der Waals surface area contributed by atoms with Crippen LogP contribution in [-0.2, 0) is 14.4 Å². The van der Waals surface area contributed by atoms with Gasteiger partial charge < -0.3 is 25.9 Å². The number of aliphatic hydroxyl groups excluding tert-OH is 1. The summed E-state index contributed by atoms with van der Waals surface area (Å²) in [6.07, 6.45) is 3.46. The Hall–Kier alpha value is -1.47. The highest BCUT2D eigenvalue weighted by Crippen LogP contribution is 2.13. The van der Waals surface area contributed by atoms with Crippen LogP contribution >= 0.6 is 0 Å². The van der Waals surface area contributed by atoms with Crippen LogP contribution in [0.15, 0.2) is 0 Å². The van der Waals surface area contributed by atoms with Gasteiger partial charge in [0, 0.05) is 6.42 Å².